The van der Waals surface area contributed by atoms with Crippen molar-refractivity contribution in [2.75, 3.05) is 6.54 Å². The number of hydrogen-bond donors (Lipinski definition) is 2. The predicted octanol–water partition coefficient (Wildman–Crippen LogP) is -0.318. The van der Waals surface area contributed by atoms with Crippen molar-refractivity contribution in [3.8, 4) is 0 Å². The second-order valence-electron chi connectivity index (χ2n) is 3.87. The molecule has 108 valence electrons. The van der Waals surface area contributed by atoms with Crippen LogP contribution in [0.5, 0.6) is 0 Å². The Morgan fingerprint density at radius 3 is 2.65 bits per heavy atom. The number of hydroxylamine groups is 2. The summed E-state index contributed by atoms with van der Waals surface area (Å²) in [5, 5.41) is 3.42. The van der Waals surface area contributed by atoms with Crippen molar-refractivity contribution in [3.05, 3.63) is 22.6 Å². The highest BCUT2D eigenvalue weighted by atomic mass is 16.7. The first-order chi connectivity index (χ1) is 9.60. The van der Waals surface area contributed by atoms with E-state index >= 15 is 0 Å². The van der Waals surface area contributed by atoms with Gasteiger partial charge in [0.2, 0.25) is 0 Å². The summed E-state index contributed by atoms with van der Waals surface area (Å²) in [5.74, 6) is -2.37. The Morgan fingerprint density at radius 1 is 1.45 bits per heavy atom. The average molecular weight is 282 g/mol. The molecule has 0 spiro atoms. The number of imide groups is 1. The van der Waals surface area contributed by atoms with Gasteiger partial charge in [-0.2, -0.15) is 4.91 Å². The lowest BCUT2D eigenvalue weighted by molar-refractivity contribution is -0.197. The standard InChI is InChI=1S/C10H14N6O4/c11-6-2-1-3-7(13-15-14-12)10(19)20-16-8(17)4-5-9(16)18/h4-5,7,13H,1-3,6,11H2/t7-/m0/s1. The van der Waals surface area contributed by atoms with E-state index in [1.54, 1.807) is 0 Å². The highest BCUT2D eigenvalue weighted by molar-refractivity contribution is 6.12. The van der Waals surface area contributed by atoms with Crippen LogP contribution < -0.4 is 11.2 Å². The average Bonchev–Trinajstić information content (AvgIpc) is 2.74. The third-order valence-corrected chi connectivity index (χ3v) is 2.44. The lowest BCUT2D eigenvalue weighted by atomic mass is 10.1. The van der Waals surface area contributed by atoms with Crippen LogP contribution in [-0.2, 0) is 19.2 Å². The molecule has 0 aromatic carbocycles. The first kappa shape index (κ1) is 15.5. The Hall–Kier alpha value is -2.58. The summed E-state index contributed by atoms with van der Waals surface area (Å²) in [5.41, 5.74) is 15.8. The maximum atomic E-state index is 11.8. The van der Waals surface area contributed by atoms with E-state index in [1.165, 1.54) is 0 Å². The fraction of sp³-hybridized carbons (Fsp3) is 0.500. The van der Waals surface area contributed by atoms with Gasteiger partial charge >= 0.3 is 5.97 Å². The summed E-state index contributed by atoms with van der Waals surface area (Å²) < 4.78 is 0. The van der Waals surface area contributed by atoms with Gasteiger partial charge < -0.3 is 10.6 Å². The Morgan fingerprint density at radius 2 is 2.10 bits per heavy atom. The lowest BCUT2D eigenvalue weighted by Gasteiger charge is -2.16. The fourth-order valence-electron chi connectivity index (χ4n) is 1.45. The molecule has 0 aliphatic carbocycles. The van der Waals surface area contributed by atoms with E-state index in [2.05, 4.69) is 20.4 Å². The summed E-state index contributed by atoms with van der Waals surface area (Å²) in [4.78, 5) is 41.4. The second kappa shape index (κ2) is 7.77. The molecule has 0 fully saturated rings. The predicted molar refractivity (Wildman–Crippen MR) is 66.1 cm³/mol. The zero-order valence-corrected chi connectivity index (χ0v) is 10.6. The maximum absolute atomic E-state index is 11.8. The second-order valence-corrected chi connectivity index (χ2v) is 3.87. The van der Waals surface area contributed by atoms with Crippen LogP contribution in [0.2, 0.25) is 0 Å². The Kier molecular flexibility index (Phi) is 6.01. The molecule has 0 aromatic rings. The molecule has 1 aliphatic rings. The minimum absolute atomic E-state index is 0.290. The molecule has 0 radical (unpaired) electrons. The molecule has 10 heteroatoms. The molecule has 0 bridgehead atoms. The van der Waals surface area contributed by atoms with Crippen LogP contribution in [0.3, 0.4) is 0 Å². The van der Waals surface area contributed by atoms with Gasteiger partial charge in [-0.1, -0.05) is 5.06 Å². The molecule has 0 unspecified atom stereocenters. The molecule has 20 heavy (non-hydrogen) atoms. The van der Waals surface area contributed by atoms with Crippen LogP contribution in [-0.4, -0.2) is 35.4 Å². The van der Waals surface area contributed by atoms with E-state index in [1.807, 2.05) is 0 Å². The summed E-state index contributed by atoms with van der Waals surface area (Å²) in [6, 6.07) is -0.960. The van der Waals surface area contributed by atoms with Crippen LogP contribution >= 0.6 is 0 Å². The van der Waals surface area contributed by atoms with Crippen LogP contribution in [0.25, 0.3) is 10.4 Å². The van der Waals surface area contributed by atoms with Gasteiger partial charge in [0.1, 0.15) is 0 Å². The Bertz CT molecular complexity index is 452. The molecular weight excluding hydrogens is 268 g/mol. The van der Waals surface area contributed by atoms with Crippen LogP contribution in [0.15, 0.2) is 17.4 Å². The van der Waals surface area contributed by atoms with Gasteiger partial charge in [-0.05, 0) is 31.0 Å². The fourth-order valence-corrected chi connectivity index (χ4v) is 1.45. The van der Waals surface area contributed by atoms with Crippen molar-refractivity contribution in [3.63, 3.8) is 0 Å². The minimum Gasteiger partial charge on any atom is -0.330 e. The number of azide groups is 1. The van der Waals surface area contributed by atoms with Crippen molar-refractivity contribution in [1.29, 1.82) is 0 Å². The SMILES string of the molecule is [N-]=[N+]=NN[C@@H](CCCCN)C(=O)ON1C(=O)C=CC1=O. The number of hydrogen-bond acceptors (Lipinski definition) is 6. The lowest BCUT2D eigenvalue weighted by Crippen LogP contribution is -2.41. The largest absolute Gasteiger partial charge is 0.377 e. The van der Waals surface area contributed by atoms with E-state index < -0.39 is 23.8 Å². The number of unbranched alkanes of at least 4 members (excludes halogenated alkanes) is 1. The van der Waals surface area contributed by atoms with Crippen molar-refractivity contribution in [1.82, 2.24) is 10.5 Å². The summed E-state index contributed by atoms with van der Waals surface area (Å²) in [6.07, 6.45) is 3.52. The minimum atomic E-state index is -0.960. The number of nitrogens with one attached hydrogen (secondary N) is 1. The highest BCUT2D eigenvalue weighted by Crippen LogP contribution is 2.08. The quantitative estimate of drug-likeness (QED) is 0.155. The number of carbonyl (C=O) groups is 3. The van der Waals surface area contributed by atoms with Crippen LogP contribution in [0.1, 0.15) is 19.3 Å². The molecular formula is C10H14N6O4. The van der Waals surface area contributed by atoms with E-state index in [9.17, 15) is 14.4 Å². The molecule has 3 N–H and O–H groups in total. The molecule has 10 nitrogen and oxygen atoms in total. The number of carbonyl (C=O) groups excluding carboxylic acids is 3. The molecule has 1 aliphatic heterocycles. The van der Waals surface area contributed by atoms with Gasteiger partial charge in [-0.3, -0.25) is 9.59 Å². The maximum Gasteiger partial charge on any atom is 0.377 e. The molecule has 1 rings (SSSR count). The topological polar surface area (TPSA) is 150 Å². The van der Waals surface area contributed by atoms with E-state index in [-0.39, 0.29) is 0 Å². The van der Waals surface area contributed by atoms with Gasteiger partial charge in [-0.15, -0.1) is 5.53 Å². The highest BCUT2D eigenvalue weighted by Gasteiger charge is 2.32. The van der Waals surface area contributed by atoms with Crippen LogP contribution in [0, 0.1) is 0 Å². The Labute approximate surface area is 114 Å². The van der Waals surface area contributed by atoms with Gasteiger partial charge in [0.05, 0.1) is 0 Å². The Balaban J connectivity index is 2.59. The molecule has 1 atom stereocenters. The summed E-state index contributed by atoms with van der Waals surface area (Å²) in [6.45, 7) is 0.455. The van der Waals surface area contributed by atoms with Crippen molar-refractivity contribution in [2.45, 2.75) is 25.3 Å². The van der Waals surface area contributed by atoms with Crippen molar-refractivity contribution >= 4 is 17.8 Å². The van der Waals surface area contributed by atoms with Gasteiger partial charge in [0.25, 0.3) is 11.8 Å². The molecule has 0 aromatic heterocycles. The van der Waals surface area contributed by atoms with Crippen LogP contribution in [0.4, 0.5) is 0 Å². The number of rotatable bonds is 8. The normalized spacial score (nSPS) is 14.9. The van der Waals surface area contributed by atoms with Gasteiger partial charge in [-0.25, -0.2) is 10.2 Å². The molecule has 0 saturated heterocycles. The zero-order chi connectivity index (χ0) is 15.0. The monoisotopic (exact) mass is 282 g/mol. The zero-order valence-electron chi connectivity index (χ0n) is 10.6. The van der Waals surface area contributed by atoms with Crippen molar-refractivity contribution < 1.29 is 19.2 Å². The van der Waals surface area contributed by atoms with E-state index in [0.717, 1.165) is 12.2 Å². The number of nitrogens with zero attached hydrogens (tertiary/aromatic N) is 4. The molecule has 0 saturated carbocycles. The summed E-state index contributed by atoms with van der Waals surface area (Å²) >= 11 is 0. The number of amides is 2. The van der Waals surface area contributed by atoms with Crippen molar-refractivity contribution in [2.24, 2.45) is 11.0 Å². The first-order valence-corrected chi connectivity index (χ1v) is 5.87. The third-order valence-electron chi connectivity index (χ3n) is 2.44. The van der Waals surface area contributed by atoms with E-state index in [0.29, 0.717) is 30.9 Å². The summed E-state index contributed by atoms with van der Waals surface area (Å²) in [7, 11) is 0. The molecule has 2 amide bonds. The number of nitrogens with two attached hydrogens (primary N) is 1. The third kappa shape index (κ3) is 4.26. The van der Waals surface area contributed by atoms with Gasteiger partial charge in [0.15, 0.2) is 6.04 Å². The van der Waals surface area contributed by atoms with Gasteiger partial charge in [0, 0.05) is 12.2 Å². The first-order valence-electron chi connectivity index (χ1n) is 5.87. The molecule has 1 heterocycles. The smallest absolute Gasteiger partial charge is 0.330 e. The van der Waals surface area contributed by atoms with E-state index in [4.69, 9.17) is 11.3 Å².